The minimum Gasteiger partial charge on any atom is -0.336 e. The summed E-state index contributed by atoms with van der Waals surface area (Å²) in [4.78, 5) is 14.6. The number of carbonyl (C=O) groups is 1. The average molecular weight is 290 g/mol. The van der Waals surface area contributed by atoms with E-state index >= 15 is 0 Å². The van der Waals surface area contributed by atoms with Gasteiger partial charge in [-0.3, -0.25) is 4.79 Å². The molecule has 3 heteroatoms. The Bertz CT molecular complexity index is 414. The largest absolute Gasteiger partial charge is 0.336 e. The molecule has 0 radical (unpaired) electrons. The molecular formula is C18H30N2O. The fraction of sp³-hybridized carbons (Fsp3) is 0.611. The molecule has 0 fully saturated rings. The number of amides is 1. The van der Waals surface area contributed by atoms with E-state index in [0.29, 0.717) is 6.54 Å². The maximum atomic E-state index is 12.7. The summed E-state index contributed by atoms with van der Waals surface area (Å²) in [6, 6.07) is 10.6. The molecule has 3 nitrogen and oxygen atoms in total. The predicted octanol–water partition coefficient (Wildman–Crippen LogP) is 3.58. The summed E-state index contributed by atoms with van der Waals surface area (Å²) in [5.41, 5.74) is 6.95. The molecule has 0 aliphatic carbocycles. The first kappa shape index (κ1) is 17.7. The molecule has 2 N–H and O–H groups in total. The van der Waals surface area contributed by atoms with Crippen molar-refractivity contribution in [2.75, 3.05) is 0 Å². The van der Waals surface area contributed by atoms with Crippen LogP contribution in [0, 0.1) is 5.92 Å². The van der Waals surface area contributed by atoms with Crippen LogP contribution in [0.25, 0.3) is 0 Å². The monoisotopic (exact) mass is 290 g/mol. The van der Waals surface area contributed by atoms with Crippen LogP contribution in [-0.2, 0) is 11.3 Å². The van der Waals surface area contributed by atoms with Crippen LogP contribution in [0.5, 0.6) is 0 Å². The molecule has 2 atom stereocenters. The zero-order valence-corrected chi connectivity index (χ0v) is 13.9. The van der Waals surface area contributed by atoms with Gasteiger partial charge in [-0.2, -0.15) is 0 Å². The van der Waals surface area contributed by atoms with Crippen LogP contribution in [0.3, 0.4) is 0 Å². The lowest BCUT2D eigenvalue weighted by molar-refractivity contribution is -0.137. The van der Waals surface area contributed by atoms with Gasteiger partial charge in [-0.15, -0.1) is 0 Å². The van der Waals surface area contributed by atoms with Crippen molar-refractivity contribution in [3.63, 3.8) is 0 Å². The van der Waals surface area contributed by atoms with E-state index in [1.54, 1.807) is 0 Å². The number of nitrogens with zero attached hydrogens (tertiary/aromatic N) is 1. The van der Waals surface area contributed by atoms with E-state index < -0.39 is 0 Å². The van der Waals surface area contributed by atoms with Gasteiger partial charge >= 0.3 is 0 Å². The molecule has 0 bridgehead atoms. The van der Waals surface area contributed by atoms with Gasteiger partial charge in [0.15, 0.2) is 0 Å². The first-order valence-electron chi connectivity index (χ1n) is 8.01. The Labute approximate surface area is 129 Å². The van der Waals surface area contributed by atoms with Crippen molar-refractivity contribution >= 4 is 5.91 Å². The van der Waals surface area contributed by atoms with Gasteiger partial charge in [-0.1, -0.05) is 43.7 Å². The molecule has 1 amide bonds. The molecule has 2 unspecified atom stereocenters. The molecule has 0 aromatic heterocycles. The third kappa shape index (κ3) is 6.30. The maximum Gasteiger partial charge on any atom is 0.225 e. The Morgan fingerprint density at radius 2 is 1.71 bits per heavy atom. The molecule has 0 saturated carbocycles. The number of hydrogen-bond donors (Lipinski definition) is 1. The standard InChI is InChI=1S/C18H30N2O/c1-14(2)20(13-17-11-6-5-7-12-17)18(21)15(3)9-8-10-16(4)19/h5-7,11-12,14-16H,8-10,13,19H2,1-4H3. The normalized spacial score (nSPS) is 14.0. The number of rotatable bonds is 8. The van der Waals surface area contributed by atoms with Crippen molar-refractivity contribution in [1.29, 1.82) is 0 Å². The van der Waals surface area contributed by atoms with Crippen molar-refractivity contribution in [3.05, 3.63) is 35.9 Å². The van der Waals surface area contributed by atoms with E-state index in [9.17, 15) is 4.79 Å². The summed E-state index contributed by atoms with van der Waals surface area (Å²) < 4.78 is 0. The molecule has 0 spiro atoms. The molecule has 1 rings (SSSR count). The quantitative estimate of drug-likeness (QED) is 0.795. The van der Waals surface area contributed by atoms with Gasteiger partial charge in [0.2, 0.25) is 5.91 Å². The van der Waals surface area contributed by atoms with Crippen molar-refractivity contribution < 1.29 is 4.79 Å². The Hall–Kier alpha value is -1.35. The molecule has 0 saturated heterocycles. The predicted molar refractivity (Wildman–Crippen MR) is 88.8 cm³/mol. The summed E-state index contributed by atoms with van der Waals surface area (Å²) in [6.45, 7) is 8.90. The molecular weight excluding hydrogens is 260 g/mol. The maximum absolute atomic E-state index is 12.7. The number of hydrogen-bond acceptors (Lipinski definition) is 2. The first-order valence-corrected chi connectivity index (χ1v) is 8.01. The van der Waals surface area contributed by atoms with Crippen LogP contribution in [0.2, 0.25) is 0 Å². The van der Waals surface area contributed by atoms with Crippen LogP contribution in [0.15, 0.2) is 30.3 Å². The fourth-order valence-corrected chi connectivity index (χ4v) is 2.45. The summed E-state index contributed by atoms with van der Waals surface area (Å²) in [7, 11) is 0. The average Bonchev–Trinajstić information content (AvgIpc) is 2.44. The highest BCUT2D eigenvalue weighted by Gasteiger charge is 2.22. The third-order valence-electron chi connectivity index (χ3n) is 3.82. The Kier molecular flexibility index (Phi) is 7.44. The van der Waals surface area contributed by atoms with Gasteiger partial charge in [0, 0.05) is 24.5 Å². The van der Waals surface area contributed by atoms with Gasteiger partial charge in [-0.05, 0) is 39.2 Å². The van der Waals surface area contributed by atoms with Crippen molar-refractivity contribution in [3.8, 4) is 0 Å². The molecule has 21 heavy (non-hydrogen) atoms. The minimum atomic E-state index is 0.0647. The van der Waals surface area contributed by atoms with E-state index in [4.69, 9.17) is 5.73 Å². The number of nitrogens with two attached hydrogens (primary N) is 1. The van der Waals surface area contributed by atoms with Crippen LogP contribution in [-0.4, -0.2) is 22.9 Å². The van der Waals surface area contributed by atoms with Crippen LogP contribution < -0.4 is 5.73 Å². The third-order valence-corrected chi connectivity index (χ3v) is 3.82. The van der Waals surface area contributed by atoms with Crippen LogP contribution >= 0.6 is 0 Å². The topological polar surface area (TPSA) is 46.3 Å². The second kappa shape index (κ2) is 8.83. The molecule has 0 aliphatic rings. The highest BCUT2D eigenvalue weighted by atomic mass is 16.2. The Morgan fingerprint density at radius 3 is 2.24 bits per heavy atom. The smallest absolute Gasteiger partial charge is 0.225 e. The van der Waals surface area contributed by atoms with Gasteiger partial charge in [0.05, 0.1) is 0 Å². The second-order valence-electron chi connectivity index (χ2n) is 6.35. The second-order valence-corrected chi connectivity index (χ2v) is 6.35. The van der Waals surface area contributed by atoms with Crippen LogP contribution in [0.4, 0.5) is 0 Å². The molecule has 1 aromatic carbocycles. The van der Waals surface area contributed by atoms with E-state index in [-0.39, 0.29) is 23.9 Å². The molecule has 1 aromatic rings. The zero-order chi connectivity index (χ0) is 15.8. The number of carbonyl (C=O) groups excluding carboxylic acids is 1. The van der Waals surface area contributed by atoms with Crippen LogP contribution in [0.1, 0.15) is 52.5 Å². The highest BCUT2D eigenvalue weighted by Crippen LogP contribution is 2.17. The minimum absolute atomic E-state index is 0.0647. The van der Waals surface area contributed by atoms with E-state index in [1.807, 2.05) is 36.9 Å². The van der Waals surface area contributed by atoms with E-state index in [0.717, 1.165) is 19.3 Å². The van der Waals surface area contributed by atoms with Crippen molar-refractivity contribution in [2.45, 2.75) is 65.6 Å². The molecule has 0 aliphatic heterocycles. The summed E-state index contributed by atoms with van der Waals surface area (Å²) in [5.74, 6) is 0.313. The lowest BCUT2D eigenvalue weighted by atomic mass is 9.99. The van der Waals surface area contributed by atoms with E-state index in [1.165, 1.54) is 5.56 Å². The summed E-state index contributed by atoms with van der Waals surface area (Å²) in [5, 5.41) is 0. The first-order chi connectivity index (χ1) is 9.91. The fourth-order valence-electron chi connectivity index (χ4n) is 2.45. The van der Waals surface area contributed by atoms with E-state index in [2.05, 4.69) is 26.0 Å². The van der Waals surface area contributed by atoms with Crippen molar-refractivity contribution in [2.24, 2.45) is 11.7 Å². The van der Waals surface area contributed by atoms with Crippen molar-refractivity contribution in [1.82, 2.24) is 4.90 Å². The Balaban J connectivity index is 2.60. The Morgan fingerprint density at radius 1 is 1.10 bits per heavy atom. The van der Waals surface area contributed by atoms with Gasteiger partial charge < -0.3 is 10.6 Å². The lowest BCUT2D eigenvalue weighted by Crippen LogP contribution is -2.39. The zero-order valence-electron chi connectivity index (χ0n) is 13.9. The van der Waals surface area contributed by atoms with Gasteiger partial charge in [0.25, 0.3) is 0 Å². The lowest BCUT2D eigenvalue weighted by Gasteiger charge is -2.29. The SMILES string of the molecule is CC(N)CCCC(C)C(=O)N(Cc1ccccc1)C(C)C. The number of benzene rings is 1. The molecule has 118 valence electrons. The highest BCUT2D eigenvalue weighted by molar-refractivity contribution is 5.78. The summed E-state index contributed by atoms with van der Waals surface area (Å²) in [6.07, 6.45) is 2.91. The van der Waals surface area contributed by atoms with Gasteiger partial charge in [-0.25, -0.2) is 0 Å². The van der Waals surface area contributed by atoms with Gasteiger partial charge in [0.1, 0.15) is 0 Å². The molecule has 0 heterocycles. The summed E-state index contributed by atoms with van der Waals surface area (Å²) >= 11 is 0.